The van der Waals surface area contributed by atoms with Crippen molar-refractivity contribution in [3.8, 4) is 0 Å². The summed E-state index contributed by atoms with van der Waals surface area (Å²) < 4.78 is 0. The fraction of sp³-hybridized carbons (Fsp3) is 0.250. The average molecular weight is 298 g/mol. The molecule has 114 valence electrons. The van der Waals surface area contributed by atoms with Gasteiger partial charge in [-0.25, -0.2) is 0 Å². The van der Waals surface area contributed by atoms with Gasteiger partial charge in [0.2, 0.25) is 0 Å². The van der Waals surface area contributed by atoms with E-state index in [0.29, 0.717) is 5.69 Å². The third-order valence-electron chi connectivity index (χ3n) is 3.09. The molecule has 0 aliphatic heterocycles. The number of hydrogen-bond acceptors (Lipinski definition) is 4. The first kappa shape index (κ1) is 15.6. The van der Waals surface area contributed by atoms with Crippen molar-refractivity contribution >= 4 is 17.5 Å². The molecule has 22 heavy (non-hydrogen) atoms. The molecule has 0 unspecified atom stereocenters. The summed E-state index contributed by atoms with van der Waals surface area (Å²) in [7, 11) is 0. The number of pyridine rings is 2. The third kappa shape index (κ3) is 4.12. The van der Waals surface area contributed by atoms with Gasteiger partial charge in [-0.2, -0.15) is 0 Å². The first-order valence-electron chi connectivity index (χ1n) is 7.00. The highest BCUT2D eigenvalue weighted by molar-refractivity contribution is 6.39. The summed E-state index contributed by atoms with van der Waals surface area (Å²) in [5.41, 5.74) is 1.20. The molecule has 0 fully saturated rings. The average Bonchev–Trinajstić information content (AvgIpc) is 2.53. The highest BCUT2D eigenvalue weighted by Crippen LogP contribution is 2.19. The molecular formula is C16H18N4O2. The van der Waals surface area contributed by atoms with Crippen LogP contribution >= 0.6 is 0 Å². The summed E-state index contributed by atoms with van der Waals surface area (Å²) in [4.78, 5) is 32.1. The van der Waals surface area contributed by atoms with E-state index in [9.17, 15) is 9.59 Å². The van der Waals surface area contributed by atoms with E-state index in [1.807, 2.05) is 26.0 Å². The molecular weight excluding hydrogens is 280 g/mol. The van der Waals surface area contributed by atoms with Crippen LogP contribution in [0.15, 0.2) is 48.9 Å². The summed E-state index contributed by atoms with van der Waals surface area (Å²) in [6, 6.07) is 8.49. The molecule has 0 radical (unpaired) electrons. The van der Waals surface area contributed by atoms with Gasteiger partial charge in [-0.15, -0.1) is 0 Å². The standard InChI is InChI=1S/C16H18N4O2/c1-11(2)14(13-7-3-4-9-18-13)20-16(22)15(21)19-12-6-5-8-17-10-12/h3-11,14H,1-2H3,(H,19,21)(H,20,22)/t14-/m0/s1. The molecule has 6 nitrogen and oxygen atoms in total. The Hall–Kier alpha value is -2.76. The van der Waals surface area contributed by atoms with Gasteiger partial charge in [-0.3, -0.25) is 19.6 Å². The Labute approximate surface area is 129 Å². The van der Waals surface area contributed by atoms with Gasteiger partial charge >= 0.3 is 11.8 Å². The molecule has 0 aliphatic rings. The SMILES string of the molecule is CC(C)[C@H](NC(=O)C(=O)Nc1cccnc1)c1ccccn1. The third-order valence-corrected chi connectivity index (χ3v) is 3.09. The van der Waals surface area contributed by atoms with Gasteiger partial charge in [0.05, 0.1) is 23.6 Å². The minimum atomic E-state index is -0.727. The fourth-order valence-electron chi connectivity index (χ4n) is 1.97. The lowest BCUT2D eigenvalue weighted by molar-refractivity contribution is -0.136. The maximum atomic E-state index is 12.1. The van der Waals surface area contributed by atoms with E-state index in [4.69, 9.17) is 0 Å². The fourth-order valence-corrected chi connectivity index (χ4v) is 1.97. The summed E-state index contributed by atoms with van der Waals surface area (Å²) >= 11 is 0. The van der Waals surface area contributed by atoms with Crippen molar-refractivity contribution in [2.45, 2.75) is 19.9 Å². The summed E-state index contributed by atoms with van der Waals surface area (Å²) in [6.07, 6.45) is 4.72. The highest BCUT2D eigenvalue weighted by Gasteiger charge is 2.23. The van der Waals surface area contributed by atoms with Crippen molar-refractivity contribution in [2.24, 2.45) is 5.92 Å². The maximum Gasteiger partial charge on any atom is 0.313 e. The minimum Gasteiger partial charge on any atom is -0.339 e. The van der Waals surface area contributed by atoms with Gasteiger partial charge < -0.3 is 10.6 Å². The van der Waals surface area contributed by atoms with Gasteiger partial charge in [-0.1, -0.05) is 19.9 Å². The molecule has 2 N–H and O–H groups in total. The van der Waals surface area contributed by atoms with Crippen LogP contribution < -0.4 is 10.6 Å². The first-order chi connectivity index (χ1) is 10.6. The van der Waals surface area contributed by atoms with Crippen LogP contribution in [-0.4, -0.2) is 21.8 Å². The Morgan fingerprint density at radius 2 is 1.86 bits per heavy atom. The van der Waals surface area contributed by atoms with Crippen molar-refractivity contribution in [3.63, 3.8) is 0 Å². The Morgan fingerprint density at radius 3 is 2.45 bits per heavy atom. The monoisotopic (exact) mass is 298 g/mol. The Kier molecular flexibility index (Phi) is 5.19. The first-order valence-corrected chi connectivity index (χ1v) is 7.00. The van der Waals surface area contributed by atoms with E-state index in [1.54, 1.807) is 30.6 Å². The van der Waals surface area contributed by atoms with Crippen LogP contribution in [0.25, 0.3) is 0 Å². The van der Waals surface area contributed by atoms with E-state index in [0.717, 1.165) is 5.69 Å². The zero-order valence-electron chi connectivity index (χ0n) is 12.5. The van der Waals surface area contributed by atoms with Crippen molar-refractivity contribution in [1.82, 2.24) is 15.3 Å². The van der Waals surface area contributed by atoms with Crippen molar-refractivity contribution < 1.29 is 9.59 Å². The molecule has 2 rings (SSSR count). The lowest BCUT2D eigenvalue weighted by Gasteiger charge is -2.21. The van der Waals surface area contributed by atoms with E-state index < -0.39 is 11.8 Å². The van der Waals surface area contributed by atoms with Crippen LogP contribution in [0, 0.1) is 5.92 Å². The van der Waals surface area contributed by atoms with E-state index in [-0.39, 0.29) is 12.0 Å². The predicted octanol–water partition coefficient (Wildman–Crippen LogP) is 1.93. The van der Waals surface area contributed by atoms with Crippen LogP contribution in [0.3, 0.4) is 0 Å². The van der Waals surface area contributed by atoms with Crippen LogP contribution in [0.4, 0.5) is 5.69 Å². The number of amides is 2. The van der Waals surface area contributed by atoms with E-state index in [1.165, 1.54) is 6.20 Å². The highest BCUT2D eigenvalue weighted by atomic mass is 16.2. The van der Waals surface area contributed by atoms with Gasteiger partial charge in [0.15, 0.2) is 0 Å². The van der Waals surface area contributed by atoms with Gasteiger partial charge in [0, 0.05) is 12.4 Å². The molecule has 2 heterocycles. The molecule has 0 aliphatic carbocycles. The topological polar surface area (TPSA) is 84.0 Å². The summed E-state index contributed by atoms with van der Waals surface area (Å²) in [5.74, 6) is -1.33. The Morgan fingerprint density at radius 1 is 1.05 bits per heavy atom. The molecule has 2 aromatic rings. The molecule has 1 atom stereocenters. The Bertz CT molecular complexity index is 629. The molecule has 2 amide bonds. The number of hydrogen-bond donors (Lipinski definition) is 2. The van der Waals surface area contributed by atoms with E-state index >= 15 is 0 Å². The molecule has 0 spiro atoms. The smallest absolute Gasteiger partial charge is 0.313 e. The van der Waals surface area contributed by atoms with E-state index in [2.05, 4.69) is 20.6 Å². The van der Waals surface area contributed by atoms with Crippen LogP contribution in [0.1, 0.15) is 25.6 Å². The second-order valence-corrected chi connectivity index (χ2v) is 5.15. The predicted molar refractivity (Wildman–Crippen MR) is 82.8 cm³/mol. The minimum absolute atomic E-state index is 0.102. The van der Waals surface area contributed by atoms with Gasteiger partial charge in [0.25, 0.3) is 0 Å². The Balaban J connectivity index is 2.04. The molecule has 0 bridgehead atoms. The number of nitrogens with zero attached hydrogens (tertiary/aromatic N) is 2. The number of aromatic nitrogens is 2. The molecule has 6 heteroatoms. The normalized spacial score (nSPS) is 11.8. The number of anilines is 1. The summed E-state index contributed by atoms with van der Waals surface area (Å²) in [5, 5.41) is 5.22. The summed E-state index contributed by atoms with van der Waals surface area (Å²) in [6.45, 7) is 3.91. The van der Waals surface area contributed by atoms with Gasteiger partial charge in [0.1, 0.15) is 0 Å². The quantitative estimate of drug-likeness (QED) is 0.845. The zero-order valence-corrected chi connectivity index (χ0v) is 12.5. The number of nitrogens with one attached hydrogen (secondary N) is 2. The van der Waals surface area contributed by atoms with Crippen LogP contribution in [0.2, 0.25) is 0 Å². The van der Waals surface area contributed by atoms with Crippen molar-refractivity contribution in [3.05, 3.63) is 54.6 Å². The molecule has 0 saturated heterocycles. The van der Waals surface area contributed by atoms with Gasteiger partial charge in [-0.05, 0) is 30.2 Å². The largest absolute Gasteiger partial charge is 0.339 e. The second kappa shape index (κ2) is 7.31. The van der Waals surface area contributed by atoms with Crippen molar-refractivity contribution in [1.29, 1.82) is 0 Å². The maximum absolute atomic E-state index is 12.1. The zero-order chi connectivity index (χ0) is 15.9. The lowest BCUT2D eigenvalue weighted by Crippen LogP contribution is -2.39. The van der Waals surface area contributed by atoms with Crippen molar-refractivity contribution in [2.75, 3.05) is 5.32 Å². The molecule has 0 aromatic carbocycles. The second-order valence-electron chi connectivity index (χ2n) is 5.15. The molecule has 2 aromatic heterocycles. The lowest BCUT2D eigenvalue weighted by atomic mass is 10.0. The number of rotatable bonds is 4. The van der Waals surface area contributed by atoms with Crippen LogP contribution in [0.5, 0.6) is 0 Å². The number of carbonyl (C=O) groups excluding carboxylic acids is 2. The molecule has 0 saturated carbocycles. The number of carbonyl (C=O) groups is 2. The van der Waals surface area contributed by atoms with Crippen LogP contribution in [-0.2, 0) is 9.59 Å².